The highest BCUT2D eigenvalue weighted by atomic mass is 19.1. The number of rotatable bonds is 5. The summed E-state index contributed by atoms with van der Waals surface area (Å²) in [6.07, 6.45) is 0. The van der Waals surface area contributed by atoms with E-state index in [9.17, 15) is 14.0 Å². The van der Waals surface area contributed by atoms with Crippen LogP contribution in [0.4, 0.5) is 15.9 Å². The van der Waals surface area contributed by atoms with Crippen LogP contribution in [0.3, 0.4) is 0 Å². The van der Waals surface area contributed by atoms with E-state index in [0.29, 0.717) is 11.6 Å². The molecule has 3 aromatic rings. The number of carbonyl (C=O) groups excluding carboxylic acids is 1. The first-order valence-electron chi connectivity index (χ1n) is 9.54. The molecule has 30 heavy (non-hydrogen) atoms. The fourth-order valence-electron chi connectivity index (χ4n) is 3.39. The van der Waals surface area contributed by atoms with Gasteiger partial charge in [0.2, 0.25) is 5.76 Å². The number of hydrogen-bond donors (Lipinski definition) is 0. The first kappa shape index (κ1) is 19.7. The number of anilines is 2. The Morgan fingerprint density at radius 2 is 1.73 bits per heavy atom. The highest BCUT2D eigenvalue weighted by molar-refractivity contribution is 5.86. The quantitative estimate of drug-likeness (QED) is 0.594. The van der Waals surface area contributed by atoms with E-state index in [1.165, 1.54) is 36.1 Å². The van der Waals surface area contributed by atoms with E-state index in [4.69, 9.17) is 4.42 Å². The molecule has 3 heterocycles. The van der Waals surface area contributed by atoms with Gasteiger partial charge < -0.3 is 19.0 Å². The summed E-state index contributed by atoms with van der Waals surface area (Å²) in [5, 5.41) is 4.46. The van der Waals surface area contributed by atoms with Crippen molar-refractivity contribution in [1.82, 2.24) is 9.78 Å². The van der Waals surface area contributed by atoms with E-state index in [1.54, 1.807) is 24.3 Å². The van der Waals surface area contributed by atoms with Crippen molar-refractivity contribution < 1.29 is 18.3 Å². The van der Waals surface area contributed by atoms with Gasteiger partial charge in [-0.1, -0.05) is 0 Å². The molecule has 0 saturated carbocycles. The zero-order chi connectivity index (χ0) is 21.1. The molecule has 1 saturated heterocycles. The Balaban J connectivity index is 1.44. The molecule has 0 N–H and O–H groups in total. The van der Waals surface area contributed by atoms with Crippen LogP contribution in [0.5, 0.6) is 0 Å². The molecule has 0 atom stereocenters. The third-order valence-electron chi connectivity index (χ3n) is 5.00. The molecule has 1 aliphatic rings. The minimum Gasteiger partial charge on any atom is -0.463 e. The number of methoxy groups -OCH3 is 1. The number of halogens is 1. The zero-order valence-corrected chi connectivity index (χ0v) is 16.5. The summed E-state index contributed by atoms with van der Waals surface area (Å²) in [5.41, 5.74) is 0.716. The number of furan rings is 1. The maximum absolute atomic E-state index is 13.1. The average molecular weight is 412 g/mol. The number of aromatic nitrogens is 2. The van der Waals surface area contributed by atoms with Crippen molar-refractivity contribution in [3.8, 4) is 0 Å². The molecule has 8 nitrogen and oxygen atoms in total. The summed E-state index contributed by atoms with van der Waals surface area (Å²) in [7, 11) is 1.27. The van der Waals surface area contributed by atoms with Crippen LogP contribution in [-0.2, 0) is 11.3 Å². The van der Waals surface area contributed by atoms with Gasteiger partial charge in [-0.25, -0.2) is 13.9 Å². The summed E-state index contributed by atoms with van der Waals surface area (Å²) in [5.74, 6) is 0.374. The van der Waals surface area contributed by atoms with Gasteiger partial charge in [0.25, 0.3) is 5.56 Å². The number of piperazine rings is 1. The molecule has 156 valence electrons. The lowest BCUT2D eigenvalue weighted by atomic mass is 10.2. The molecule has 0 amide bonds. The molecule has 2 aromatic heterocycles. The first-order chi connectivity index (χ1) is 14.5. The number of nitrogens with zero attached hydrogens (tertiary/aromatic N) is 4. The minimum atomic E-state index is -0.575. The van der Waals surface area contributed by atoms with Gasteiger partial charge >= 0.3 is 5.97 Å². The van der Waals surface area contributed by atoms with Crippen molar-refractivity contribution in [3.63, 3.8) is 0 Å². The smallest absolute Gasteiger partial charge is 0.373 e. The summed E-state index contributed by atoms with van der Waals surface area (Å²) in [4.78, 5) is 28.0. The van der Waals surface area contributed by atoms with Crippen LogP contribution in [0.25, 0.3) is 0 Å². The van der Waals surface area contributed by atoms with Crippen LogP contribution in [0, 0.1) is 5.82 Å². The Morgan fingerprint density at radius 1 is 1.03 bits per heavy atom. The molecule has 1 fully saturated rings. The molecule has 0 aliphatic carbocycles. The maximum Gasteiger partial charge on any atom is 0.373 e. The molecule has 1 aliphatic heterocycles. The van der Waals surface area contributed by atoms with E-state index >= 15 is 0 Å². The van der Waals surface area contributed by atoms with E-state index < -0.39 is 5.97 Å². The zero-order valence-electron chi connectivity index (χ0n) is 16.5. The van der Waals surface area contributed by atoms with Gasteiger partial charge in [0.1, 0.15) is 23.9 Å². The third kappa shape index (κ3) is 4.19. The van der Waals surface area contributed by atoms with Gasteiger partial charge in [-0.2, -0.15) is 5.10 Å². The second-order valence-corrected chi connectivity index (χ2v) is 6.90. The lowest BCUT2D eigenvalue weighted by Gasteiger charge is -2.36. The maximum atomic E-state index is 13.1. The first-order valence-corrected chi connectivity index (χ1v) is 9.54. The van der Waals surface area contributed by atoms with E-state index in [0.717, 1.165) is 31.9 Å². The monoisotopic (exact) mass is 412 g/mol. The number of esters is 1. The molecule has 4 rings (SSSR count). The molecule has 1 aromatic carbocycles. The van der Waals surface area contributed by atoms with E-state index in [2.05, 4.69) is 19.6 Å². The van der Waals surface area contributed by atoms with Crippen molar-refractivity contribution in [3.05, 3.63) is 76.2 Å². The fraction of sp³-hybridized carbons (Fsp3) is 0.286. The molecular weight excluding hydrogens is 391 g/mol. The Morgan fingerprint density at radius 3 is 2.43 bits per heavy atom. The lowest BCUT2D eigenvalue weighted by Crippen LogP contribution is -2.47. The van der Waals surface area contributed by atoms with E-state index in [-0.39, 0.29) is 23.7 Å². The van der Waals surface area contributed by atoms with Gasteiger partial charge in [0.15, 0.2) is 0 Å². The normalized spacial score (nSPS) is 14.1. The summed E-state index contributed by atoms with van der Waals surface area (Å²) in [6.45, 7) is 3.06. The van der Waals surface area contributed by atoms with Crippen LogP contribution >= 0.6 is 0 Å². The van der Waals surface area contributed by atoms with Crippen molar-refractivity contribution >= 4 is 17.5 Å². The highest BCUT2D eigenvalue weighted by Crippen LogP contribution is 2.19. The van der Waals surface area contributed by atoms with Crippen molar-refractivity contribution in [2.45, 2.75) is 6.54 Å². The van der Waals surface area contributed by atoms with Gasteiger partial charge in [-0.05, 0) is 42.5 Å². The predicted octanol–water partition coefficient (Wildman–Crippen LogP) is 2.14. The third-order valence-corrected chi connectivity index (χ3v) is 5.00. The van der Waals surface area contributed by atoms with E-state index in [1.807, 2.05) is 0 Å². The average Bonchev–Trinajstić information content (AvgIpc) is 3.24. The van der Waals surface area contributed by atoms with Crippen molar-refractivity contribution in [2.75, 3.05) is 43.1 Å². The standard InChI is InChI=1S/C21H21FN4O4/c1-29-21(28)18-7-6-17(30-18)14-26-20(27)9-8-19(23-26)25-12-10-24(11-13-25)16-4-2-15(22)3-5-16/h2-9H,10-14H2,1H3. The lowest BCUT2D eigenvalue weighted by molar-refractivity contribution is 0.0562. The Kier molecular flexibility index (Phi) is 5.51. The molecular formula is C21H21FN4O4. The van der Waals surface area contributed by atoms with Gasteiger partial charge in [0, 0.05) is 37.9 Å². The Labute approximate surface area is 172 Å². The highest BCUT2D eigenvalue weighted by Gasteiger charge is 2.19. The number of carbonyl (C=O) groups is 1. The van der Waals surface area contributed by atoms with Crippen LogP contribution in [-0.4, -0.2) is 49.0 Å². The van der Waals surface area contributed by atoms with Crippen LogP contribution in [0.1, 0.15) is 16.3 Å². The number of hydrogen-bond acceptors (Lipinski definition) is 7. The molecule has 0 bridgehead atoms. The Hall–Kier alpha value is -3.62. The van der Waals surface area contributed by atoms with Crippen molar-refractivity contribution in [2.24, 2.45) is 0 Å². The predicted molar refractivity (Wildman–Crippen MR) is 108 cm³/mol. The minimum absolute atomic E-state index is 0.0774. The fourth-order valence-corrected chi connectivity index (χ4v) is 3.39. The topological polar surface area (TPSA) is 80.8 Å². The van der Waals surface area contributed by atoms with Crippen LogP contribution in [0.15, 0.2) is 57.7 Å². The molecule has 0 unspecified atom stereocenters. The van der Waals surface area contributed by atoms with Gasteiger partial charge in [-0.15, -0.1) is 0 Å². The van der Waals surface area contributed by atoms with Gasteiger partial charge in [-0.3, -0.25) is 4.79 Å². The van der Waals surface area contributed by atoms with Crippen LogP contribution in [0.2, 0.25) is 0 Å². The van der Waals surface area contributed by atoms with Crippen LogP contribution < -0.4 is 15.4 Å². The number of ether oxygens (including phenoxy) is 1. The van der Waals surface area contributed by atoms with Crippen molar-refractivity contribution in [1.29, 1.82) is 0 Å². The second-order valence-electron chi connectivity index (χ2n) is 6.90. The Bertz CT molecular complexity index is 1080. The molecule has 0 radical (unpaired) electrons. The summed E-state index contributed by atoms with van der Waals surface area (Å²) in [6, 6.07) is 12.8. The SMILES string of the molecule is COC(=O)c1ccc(Cn2nc(N3CCN(c4ccc(F)cc4)CC3)ccc2=O)o1. The summed E-state index contributed by atoms with van der Waals surface area (Å²) < 4.78 is 24.5. The number of benzene rings is 1. The second kappa shape index (κ2) is 8.40. The van der Waals surface area contributed by atoms with Gasteiger partial charge in [0.05, 0.1) is 7.11 Å². The largest absolute Gasteiger partial charge is 0.463 e. The molecule has 9 heteroatoms. The summed E-state index contributed by atoms with van der Waals surface area (Å²) >= 11 is 0. The molecule has 0 spiro atoms.